The van der Waals surface area contributed by atoms with Crippen LogP contribution in [0.5, 0.6) is 0 Å². The number of aromatic amines is 1. The van der Waals surface area contributed by atoms with E-state index >= 15 is 0 Å². The summed E-state index contributed by atoms with van der Waals surface area (Å²) in [5.74, 6) is 0. The first-order valence-electron chi connectivity index (χ1n) is 29.6. The molecule has 0 unspecified atom stereocenters. The van der Waals surface area contributed by atoms with Crippen LogP contribution in [-0.4, -0.2) is 18.7 Å². The molecule has 0 aliphatic heterocycles. The van der Waals surface area contributed by atoms with Crippen molar-refractivity contribution in [3.8, 4) is 45.4 Å². The Morgan fingerprint density at radius 1 is 0.414 bits per heavy atom. The topological polar surface area (TPSA) is 58.7 Å². The van der Waals surface area contributed by atoms with Gasteiger partial charge < -0.3 is 18.7 Å². The Labute approximate surface area is 512 Å². The number of fused-ring (bicyclic) bond motifs is 24. The summed E-state index contributed by atoms with van der Waals surface area (Å²) in [4.78, 5) is 7.10. The maximum absolute atomic E-state index is 9.56. The molecule has 87 heavy (non-hydrogen) atoms. The zero-order chi connectivity index (χ0) is 58.9. The molecule has 18 rings (SSSR count). The van der Waals surface area contributed by atoms with Crippen molar-refractivity contribution in [2.24, 2.45) is 0 Å². The van der Waals surface area contributed by atoms with E-state index in [2.05, 4.69) is 292 Å². The van der Waals surface area contributed by atoms with Gasteiger partial charge in [0.25, 0.3) is 0 Å². The van der Waals surface area contributed by atoms with E-state index in [0.717, 1.165) is 15.8 Å². The number of benzene rings is 12. The van der Waals surface area contributed by atoms with Gasteiger partial charge in [0.05, 0.1) is 56.8 Å². The summed E-state index contributed by atoms with van der Waals surface area (Å²) in [6, 6.07) is 92.3. The van der Waals surface area contributed by atoms with Crippen molar-refractivity contribution in [3.63, 3.8) is 0 Å². The van der Waals surface area contributed by atoms with Gasteiger partial charge in [-0.15, -0.1) is 0 Å². The summed E-state index contributed by atoms with van der Waals surface area (Å²) in [6.45, 7) is 16.2. The van der Waals surface area contributed by atoms with Gasteiger partial charge in [-0.05, 0) is 106 Å². The largest absolute Gasteiger partial charge is 0.354 e. The third kappa shape index (κ3) is 7.56. The first kappa shape index (κ1) is 51.9. The Morgan fingerprint density at radius 2 is 0.828 bits per heavy atom. The predicted molar refractivity (Wildman–Crippen MR) is 366 cm³/mol. The summed E-state index contributed by atoms with van der Waals surface area (Å²) < 4.78 is 8.39. The summed E-state index contributed by atoms with van der Waals surface area (Å²) in [7, 11) is 0. The molecule has 0 saturated carbocycles. The average Bonchev–Trinajstić information content (AvgIpc) is 1.53. The molecule has 1 N–H and O–H groups in total. The van der Waals surface area contributed by atoms with Crippen LogP contribution in [-0.2, 0) is 10.8 Å². The molecule has 0 fully saturated rings. The lowest BCUT2D eigenvalue weighted by molar-refractivity contribution is 0.666. The lowest BCUT2D eigenvalue weighted by atomic mass is 9.80. The van der Waals surface area contributed by atoms with Gasteiger partial charge in [-0.2, -0.15) is 5.26 Å². The zero-order valence-electron chi connectivity index (χ0n) is 48.4. The lowest BCUT2D eigenvalue weighted by Crippen LogP contribution is -2.15. The van der Waals surface area contributed by atoms with Gasteiger partial charge >= 0.3 is 0 Å². The SMILES string of the molecule is CC1(C)c2ccccc2-c2c1c1c3ccccc3[nH]c1c1c3ccccc3n(-c3ccccc3)c21.CC1(C)c2ccccc2-c2c1c1c3ccccc3n(-c3ccc(C#N)cc3)c1c1c3ccccc3n(-c3ccccc3)c21.[C-]#[N+]c1ccc(Br)cc1. The van der Waals surface area contributed by atoms with Gasteiger partial charge in [0.2, 0.25) is 0 Å². The molecule has 0 atom stereocenters. The molecule has 16 aromatic rings. The van der Waals surface area contributed by atoms with Crippen LogP contribution in [0, 0.1) is 17.9 Å². The number of hydrogen-bond acceptors (Lipinski definition) is 1. The minimum atomic E-state index is -0.212. The van der Waals surface area contributed by atoms with Gasteiger partial charge in [0, 0.05) is 92.1 Å². The highest BCUT2D eigenvalue weighted by atomic mass is 79.9. The second-order valence-corrected chi connectivity index (χ2v) is 24.8. The van der Waals surface area contributed by atoms with E-state index in [4.69, 9.17) is 6.57 Å². The number of H-pyrrole nitrogens is 1. The molecule has 4 aromatic heterocycles. The molecule has 7 heteroatoms. The molecule has 0 bridgehead atoms. The van der Waals surface area contributed by atoms with E-state index < -0.39 is 0 Å². The Bertz CT molecular complexity index is 5590. The number of nitrogens with one attached hydrogen (secondary N) is 1. The summed E-state index contributed by atoms with van der Waals surface area (Å²) >= 11 is 3.27. The highest BCUT2D eigenvalue weighted by molar-refractivity contribution is 9.10. The standard InChI is InChI=1S/C40H27N3.C33H24N2.C7H4BrN/c1-40(2)31-17-9-6-14-28(31)34-37(40)35-29-15-7-10-18-32(29)43(27-22-20-25(24-41)21-23-27)39(35)36-30-16-8-11-19-33(30)42(38(34)36)26-12-4-3-5-13-26;1-33(2)24-17-9-6-14-21(24)28-30(33)27-22-15-7-10-18-25(22)34-31(27)29-23-16-8-11-19-26(23)35(32(28)29)20-12-4-3-5-13-20;1-9-7-4-2-6(8)3-5-7/h3-23H,1-2H3;3-19,34H,1-2H3;2-5H. The number of aromatic nitrogens is 4. The van der Waals surface area contributed by atoms with Crippen LogP contribution in [0.4, 0.5) is 5.69 Å². The first-order valence-corrected chi connectivity index (χ1v) is 30.3. The number of rotatable bonds is 3. The molecule has 412 valence electrons. The number of nitrogens with zero attached hydrogens (tertiary/aromatic N) is 5. The fourth-order valence-electron chi connectivity index (χ4n) is 14.9. The number of nitriles is 1. The van der Waals surface area contributed by atoms with Gasteiger partial charge in [0.1, 0.15) is 0 Å². The highest BCUT2D eigenvalue weighted by Crippen LogP contribution is 2.60. The fourth-order valence-corrected chi connectivity index (χ4v) is 15.2. The first-order chi connectivity index (χ1) is 42.6. The van der Waals surface area contributed by atoms with Crippen LogP contribution < -0.4 is 0 Å². The zero-order valence-corrected chi connectivity index (χ0v) is 49.9. The summed E-state index contributed by atoms with van der Waals surface area (Å²) in [5.41, 5.74) is 25.1. The normalized spacial score (nSPS) is 13.3. The molecule has 12 aromatic carbocycles. The van der Waals surface area contributed by atoms with E-state index in [9.17, 15) is 5.26 Å². The molecular weight excluding hydrogens is 1120 g/mol. The van der Waals surface area contributed by atoms with Crippen molar-refractivity contribution in [1.82, 2.24) is 18.7 Å². The van der Waals surface area contributed by atoms with Crippen LogP contribution in [0.15, 0.2) is 259 Å². The molecule has 0 radical (unpaired) electrons. The number of para-hydroxylation sites is 6. The van der Waals surface area contributed by atoms with Crippen molar-refractivity contribution in [1.29, 1.82) is 5.26 Å². The molecule has 2 aliphatic carbocycles. The van der Waals surface area contributed by atoms with Crippen molar-refractivity contribution in [2.45, 2.75) is 38.5 Å². The van der Waals surface area contributed by atoms with E-state index in [0.29, 0.717) is 11.3 Å². The fraction of sp³-hybridized carbons (Fsp3) is 0.0750. The second-order valence-electron chi connectivity index (χ2n) is 23.9. The molecule has 4 heterocycles. The van der Waals surface area contributed by atoms with Crippen LogP contribution in [0.1, 0.15) is 55.5 Å². The third-order valence-corrected chi connectivity index (χ3v) is 19.0. The van der Waals surface area contributed by atoms with Gasteiger partial charge in [-0.25, -0.2) is 4.85 Å². The van der Waals surface area contributed by atoms with Crippen LogP contribution in [0.3, 0.4) is 0 Å². The molecule has 0 spiro atoms. The lowest BCUT2D eigenvalue weighted by Gasteiger charge is -2.23. The summed E-state index contributed by atoms with van der Waals surface area (Å²) in [5, 5.41) is 19.9. The number of hydrogen-bond donors (Lipinski definition) is 1. The quantitative estimate of drug-likeness (QED) is 0.176. The minimum Gasteiger partial charge on any atom is -0.354 e. The smallest absolute Gasteiger partial charge is 0.187 e. The van der Waals surface area contributed by atoms with E-state index in [1.54, 1.807) is 12.1 Å². The molecular formula is C80H55BrN6. The van der Waals surface area contributed by atoms with E-state index in [-0.39, 0.29) is 10.8 Å². The molecule has 0 saturated heterocycles. The minimum absolute atomic E-state index is 0.110. The van der Waals surface area contributed by atoms with Crippen molar-refractivity contribution < 1.29 is 0 Å². The van der Waals surface area contributed by atoms with Crippen LogP contribution >= 0.6 is 15.9 Å². The summed E-state index contributed by atoms with van der Waals surface area (Å²) in [6.07, 6.45) is 0. The Hall–Kier alpha value is -10.7. The maximum atomic E-state index is 9.56. The molecule has 0 amide bonds. The molecule has 2 aliphatic rings. The predicted octanol–water partition coefficient (Wildman–Crippen LogP) is 21.8. The second kappa shape index (κ2) is 19.7. The van der Waals surface area contributed by atoms with Gasteiger partial charge in [-0.3, -0.25) is 0 Å². The number of halogens is 1. The third-order valence-electron chi connectivity index (χ3n) is 18.5. The maximum Gasteiger partial charge on any atom is 0.187 e. The van der Waals surface area contributed by atoms with Gasteiger partial charge in [0.15, 0.2) is 5.69 Å². The van der Waals surface area contributed by atoms with Crippen molar-refractivity contribution in [2.75, 3.05) is 0 Å². The average molecular weight is 1180 g/mol. The van der Waals surface area contributed by atoms with Crippen molar-refractivity contribution >= 4 is 109 Å². The monoisotopic (exact) mass is 1180 g/mol. The molecule has 6 nitrogen and oxygen atoms in total. The van der Waals surface area contributed by atoms with Gasteiger partial charge in [-0.1, -0.05) is 226 Å². The van der Waals surface area contributed by atoms with Crippen LogP contribution in [0.2, 0.25) is 0 Å². The van der Waals surface area contributed by atoms with Crippen molar-refractivity contribution in [3.05, 3.63) is 298 Å². The highest BCUT2D eigenvalue weighted by Gasteiger charge is 2.43. The van der Waals surface area contributed by atoms with Crippen LogP contribution in [0.25, 0.3) is 131 Å². The Balaban J connectivity index is 0.000000125. The Kier molecular flexibility index (Phi) is 11.7. The van der Waals surface area contributed by atoms with E-state index in [1.807, 2.05) is 24.3 Å². The Morgan fingerprint density at radius 3 is 1.36 bits per heavy atom. The van der Waals surface area contributed by atoms with E-state index in [1.165, 1.54) is 137 Å².